The topological polar surface area (TPSA) is 16.1 Å². The van der Waals surface area contributed by atoms with E-state index >= 15 is 0 Å². The van der Waals surface area contributed by atoms with E-state index in [1.54, 1.807) is 0 Å². The van der Waals surface area contributed by atoms with Gasteiger partial charge in [0, 0.05) is 24.8 Å². The molecule has 0 aliphatic carbocycles. The predicted molar refractivity (Wildman–Crippen MR) is 101 cm³/mol. The minimum atomic E-state index is -4.36. The molecule has 27 heavy (non-hydrogen) atoms. The van der Waals surface area contributed by atoms with Gasteiger partial charge in [-0.15, -0.1) is 0 Å². The van der Waals surface area contributed by atoms with E-state index in [0.717, 1.165) is 36.5 Å². The molecule has 0 radical (unpaired) electrons. The fourth-order valence-electron chi connectivity index (χ4n) is 2.89. The van der Waals surface area contributed by atoms with Crippen molar-refractivity contribution in [2.45, 2.75) is 26.2 Å². The molecule has 0 N–H and O–H groups in total. The van der Waals surface area contributed by atoms with Crippen LogP contribution in [-0.4, -0.2) is 16.9 Å². The highest BCUT2D eigenvalue weighted by atomic mass is 19.4. The fourth-order valence-corrected chi connectivity index (χ4v) is 2.89. The Bertz CT molecular complexity index is 867. The first-order chi connectivity index (χ1) is 12.8. The highest BCUT2D eigenvalue weighted by Crippen LogP contribution is 2.29. The second-order valence-electron chi connectivity index (χ2n) is 6.78. The number of hydrogen-bond acceptors (Lipinski definition) is 2. The van der Waals surface area contributed by atoms with Gasteiger partial charge in [0.25, 0.3) is 0 Å². The monoisotopic (exact) mass is 370 g/mol. The Morgan fingerprint density at radius 3 is 1.85 bits per heavy atom. The van der Waals surface area contributed by atoms with Gasteiger partial charge < -0.3 is 0 Å². The van der Waals surface area contributed by atoms with Crippen molar-refractivity contribution in [1.82, 2.24) is 9.88 Å². The predicted octanol–water partition coefficient (Wildman–Crippen LogP) is 5.71. The molecule has 3 rings (SSSR count). The van der Waals surface area contributed by atoms with Crippen molar-refractivity contribution < 1.29 is 13.2 Å². The molecule has 140 valence electrons. The molecule has 2 nitrogen and oxygen atoms in total. The van der Waals surface area contributed by atoms with E-state index in [2.05, 4.69) is 48.1 Å². The normalized spacial score (nSPS) is 11.8. The summed E-state index contributed by atoms with van der Waals surface area (Å²) in [7, 11) is 2.06. The maximum Gasteiger partial charge on any atom is 0.417 e. The van der Waals surface area contributed by atoms with Crippen molar-refractivity contribution in [2.24, 2.45) is 0 Å². The minimum Gasteiger partial charge on any atom is -0.298 e. The number of hydrogen-bond donors (Lipinski definition) is 0. The second-order valence-corrected chi connectivity index (χ2v) is 6.78. The molecule has 0 unspecified atom stereocenters. The van der Waals surface area contributed by atoms with Crippen molar-refractivity contribution in [1.29, 1.82) is 0 Å². The Morgan fingerprint density at radius 2 is 1.37 bits per heavy atom. The van der Waals surface area contributed by atoms with Crippen molar-refractivity contribution in [3.8, 4) is 11.3 Å². The molecule has 0 spiro atoms. The van der Waals surface area contributed by atoms with Crippen LogP contribution in [-0.2, 0) is 19.3 Å². The van der Waals surface area contributed by atoms with E-state index in [4.69, 9.17) is 0 Å². The largest absolute Gasteiger partial charge is 0.417 e. The first-order valence-electron chi connectivity index (χ1n) is 8.68. The molecule has 2 aromatic carbocycles. The summed E-state index contributed by atoms with van der Waals surface area (Å²) in [6.07, 6.45) is -3.49. The number of halogens is 3. The summed E-state index contributed by atoms with van der Waals surface area (Å²) in [6.45, 7) is 3.71. The molecule has 0 amide bonds. The van der Waals surface area contributed by atoms with Gasteiger partial charge in [-0.3, -0.25) is 9.88 Å². The molecule has 0 atom stereocenters. The Hall–Kier alpha value is -2.66. The molecule has 0 saturated heterocycles. The van der Waals surface area contributed by atoms with Crippen LogP contribution < -0.4 is 0 Å². The van der Waals surface area contributed by atoms with Gasteiger partial charge in [-0.25, -0.2) is 0 Å². The van der Waals surface area contributed by atoms with Gasteiger partial charge in [-0.05, 0) is 37.2 Å². The Labute approximate surface area is 157 Å². The average molecular weight is 370 g/mol. The van der Waals surface area contributed by atoms with Gasteiger partial charge in [0.15, 0.2) is 0 Å². The number of alkyl halides is 3. The lowest BCUT2D eigenvalue weighted by Gasteiger charge is -2.17. The fraction of sp³-hybridized carbons (Fsp3) is 0.227. The van der Waals surface area contributed by atoms with Crippen LogP contribution in [0.2, 0.25) is 0 Å². The van der Waals surface area contributed by atoms with Gasteiger partial charge in [0.1, 0.15) is 0 Å². The van der Waals surface area contributed by atoms with Crippen molar-refractivity contribution in [2.75, 3.05) is 7.05 Å². The Morgan fingerprint density at radius 1 is 0.815 bits per heavy atom. The van der Waals surface area contributed by atoms with Crippen LogP contribution in [0.25, 0.3) is 11.3 Å². The van der Waals surface area contributed by atoms with E-state index in [9.17, 15) is 13.2 Å². The van der Waals surface area contributed by atoms with E-state index in [0.29, 0.717) is 5.69 Å². The van der Waals surface area contributed by atoms with Crippen LogP contribution in [0.15, 0.2) is 66.9 Å². The summed E-state index contributed by atoms with van der Waals surface area (Å²) >= 11 is 0. The molecule has 0 fully saturated rings. The lowest BCUT2D eigenvalue weighted by molar-refractivity contribution is -0.137. The molecule has 0 aliphatic heterocycles. The third-order valence-electron chi connectivity index (χ3n) is 4.37. The van der Waals surface area contributed by atoms with E-state index in [-0.39, 0.29) is 0 Å². The third-order valence-corrected chi connectivity index (χ3v) is 4.37. The van der Waals surface area contributed by atoms with Gasteiger partial charge in [-0.1, -0.05) is 54.1 Å². The lowest BCUT2D eigenvalue weighted by Crippen LogP contribution is -2.17. The average Bonchev–Trinajstić information content (AvgIpc) is 2.64. The van der Waals surface area contributed by atoms with E-state index in [1.807, 2.05) is 24.3 Å². The van der Waals surface area contributed by atoms with E-state index < -0.39 is 11.7 Å². The number of benzene rings is 2. The number of rotatable bonds is 5. The van der Waals surface area contributed by atoms with Gasteiger partial charge >= 0.3 is 6.18 Å². The van der Waals surface area contributed by atoms with Crippen molar-refractivity contribution in [3.05, 3.63) is 89.1 Å². The van der Waals surface area contributed by atoms with E-state index in [1.165, 1.54) is 17.2 Å². The lowest BCUT2D eigenvalue weighted by atomic mass is 10.1. The summed E-state index contributed by atoms with van der Waals surface area (Å²) in [6, 6.07) is 18.7. The summed E-state index contributed by atoms with van der Waals surface area (Å²) in [5, 5.41) is 0. The van der Waals surface area contributed by atoms with Crippen molar-refractivity contribution >= 4 is 0 Å². The molecular weight excluding hydrogens is 349 g/mol. The quantitative estimate of drug-likeness (QED) is 0.572. The van der Waals surface area contributed by atoms with Crippen LogP contribution >= 0.6 is 0 Å². The highest BCUT2D eigenvalue weighted by Gasteiger charge is 2.30. The van der Waals surface area contributed by atoms with Gasteiger partial charge in [-0.2, -0.15) is 13.2 Å². The zero-order chi connectivity index (χ0) is 19.4. The summed E-state index contributed by atoms with van der Waals surface area (Å²) in [5.41, 5.74) is 4.24. The summed E-state index contributed by atoms with van der Waals surface area (Å²) in [5.74, 6) is 0. The van der Waals surface area contributed by atoms with Crippen molar-refractivity contribution in [3.63, 3.8) is 0 Å². The zero-order valence-corrected chi connectivity index (χ0v) is 15.3. The maximum absolute atomic E-state index is 12.6. The molecule has 1 heterocycles. The number of aryl methyl sites for hydroxylation is 1. The number of nitrogens with zero attached hydrogens (tertiary/aromatic N) is 2. The highest BCUT2D eigenvalue weighted by molar-refractivity contribution is 5.59. The van der Waals surface area contributed by atoms with Gasteiger partial charge in [0.05, 0.1) is 11.3 Å². The second kappa shape index (κ2) is 7.92. The van der Waals surface area contributed by atoms with Gasteiger partial charge in [0.2, 0.25) is 0 Å². The molecule has 1 aromatic heterocycles. The van der Waals surface area contributed by atoms with Crippen LogP contribution in [0.5, 0.6) is 0 Å². The van der Waals surface area contributed by atoms with Crippen LogP contribution in [0.3, 0.4) is 0 Å². The van der Waals surface area contributed by atoms with Crippen LogP contribution in [0.1, 0.15) is 22.3 Å². The minimum absolute atomic E-state index is 0.530. The Kier molecular flexibility index (Phi) is 5.61. The smallest absolute Gasteiger partial charge is 0.298 e. The molecule has 0 bridgehead atoms. The maximum atomic E-state index is 12.6. The molecular formula is C22H21F3N2. The molecule has 0 saturated carbocycles. The standard InChI is InChI=1S/C22H21F3N2/c1-16-3-5-17(6-4-16)14-27(2)15-18-7-9-19(10-8-18)21-12-11-20(13-26-21)22(23,24)25/h3-13H,14-15H2,1-2H3. The molecule has 0 aliphatic rings. The Balaban J connectivity index is 1.63. The molecule has 5 heteroatoms. The SMILES string of the molecule is Cc1ccc(CN(C)Cc2ccc(-c3ccc(C(F)(F)F)cn3)cc2)cc1. The first-order valence-corrected chi connectivity index (χ1v) is 8.68. The van der Waals surface area contributed by atoms with Crippen LogP contribution in [0, 0.1) is 6.92 Å². The number of aromatic nitrogens is 1. The number of pyridine rings is 1. The zero-order valence-electron chi connectivity index (χ0n) is 15.3. The summed E-state index contributed by atoms with van der Waals surface area (Å²) < 4.78 is 37.9. The molecule has 3 aromatic rings. The first kappa shape index (κ1) is 19.1. The summed E-state index contributed by atoms with van der Waals surface area (Å²) in [4.78, 5) is 6.16. The van der Waals surface area contributed by atoms with Crippen LogP contribution in [0.4, 0.5) is 13.2 Å². The third kappa shape index (κ3) is 5.17.